The summed E-state index contributed by atoms with van der Waals surface area (Å²) in [5, 5.41) is 29.6. The number of carboxylic acids is 3. The second-order valence-corrected chi connectivity index (χ2v) is 6.89. The van der Waals surface area contributed by atoms with Crippen molar-refractivity contribution in [1.82, 2.24) is 10.6 Å². The van der Waals surface area contributed by atoms with E-state index < -0.39 is 66.0 Å². The quantitative estimate of drug-likeness (QED) is 0.157. The van der Waals surface area contributed by atoms with Crippen LogP contribution in [0.5, 0.6) is 0 Å². The van der Waals surface area contributed by atoms with Gasteiger partial charge in [0, 0.05) is 12.2 Å². The molecule has 0 aromatic heterocycles. The Balaban J connectivity index is 5.03. The molecule has 0 aliphatic rings. The van der Waals surface area contributed by atoms with E-state index in [2.05, 4.69) is 15.4 Å². The molecule has 164 valence electrons. The summed E-state index contributed by atoms with van der Waals surface area (Å²) in [6.07, 6.45) is -1.02. The van der Waals surface area contributed by atoms with Gasteiger partial charge >= 0.3 is 23.9 Å². The Morgan fingerprint density at radius 3 is 2.17 bits per heavy atom. The Hall–Kier alpha value is -2.87. The first-order valence-corrected chi connectivity index (χ1v) is 9.21. The van der Waals surface area contributed by atoms with Crippen LogP contribution in [0.3, 0.4) is 0 Å². The van der Waals surface area contributed by atoms with E-state index in [4.69, 9.17) is 21.1 Å². The van der Waals surface area contributed by atoms with Gasteiger partial charge in [-0.3, -0.25) is 28.8 Å². The third-order valence-electron chi connectivity index (χ3n) is 3.38. The summed E-state index contributed by atoms with van der Waals surface area (Å²) in [7, 11) is 1.08. The van der Waals surface area contributed by atoms with Gasteiger partial charge in [0.2, 0.25) is 11.8 Å². The number of amides is 2. The van der Waals surface area contributed by atoms with Crippen molar-refractivity contribution >= 4 is 47.5 Å². The van der Waals surface area contributed by atoms with Gasteiger partial charge < -0.3 is 36.4 Å². The minimum atomic E-state index is -1.34. The Labute approximate surface area is 169 Å². The van der Waals surface area contributed by atoms with E-state index in [9.17, 15) is 28.8 Å². The molecule has 0 aromatic rings. The van der Waals surface area contributed by atoms with Crippen LogP contribution in [0, 0.1) is 0 Å². The van der Waals surface area contributed by atoms with Crippen LogP contribution >= 0.6 is 11.8 Å². The summed E-state index contributed by atoms with van der Waals surface area (Å²) in [6.45, 7) is -0.732. The third-order valence-corrected chi connectivity index (χ3v) is 4.68. The molecule has 14 heteroatoms. The zero-order valence-electron chi connectivity index (χ0n) is 15.5. The summed E-state index contributed by atoms with van der Waals surface area (Å²) in [5.41, 5.74) is 5.29. The van der Waals surface area contributed by atoms with Crippen molar-refractivity contribution in [3.8, 4) is 0 Å². The number of nitrogens with one attached hydrogen (secondary N) is 2. The van der Waals surface area contributed by atoms with Crippen LogP contribution in [0.2, 0.25) is 0 Å². The number of thioether (sulfide) groups is 1. The SMILES string of the molecule is COC(=O)C[C@@H](SC[C@H](NC(=O)CC[C@H](N)C(=O)O)C(=O)NCC(=O)O)C(=O)O. The Kier molecular flexibility index (Phi) is 12.0. The predicted octanol–water partition coefficient (Wildman–Crippen LogP) is -2.39. The number of carboxylic acid groups (broad SMARTS) is 3. The molecule has 0 rings (SSSR count). The monoisotopic (exact) mass is 437 g/mol. The highest BCUT2D eigenvalue weighted by Gasteiger charge is 2.28. The van der Waals surface area contributed by atoms with Crippen molar-refractivity contribution in [1.29, 1.82) is 0 Å². The van der Waals surface area contributed by atoms with Crippen LogP contribution in [0.1, 0.15) is 19.3 Å². The van der Waals surface area contributed by atoms with Gasteiger partial charge in [-0.1, -0.05) is 0 Å². The standard InChI is InChI=1S/C15H23N3O10S/c1-28-12(22)4-9(15(26)27)29-6-8(13(23)17-5-11(20)21)18-10(19)3-2-7(16)14(24)25/h7-9H,2-6,16H2,1H3,(H,17,23)(H,18,19)(H,20,21)(H,24,25)(H,26,27)/t7-,8-,9+/m0/s1. The second-order valence-electron chi connectivity index (χ2n) is 5.66. The lowest BCUT2D eigenvalue weighted by atomic mass is 10.1. The number of hydrogen-bond donors (Lipinski definition) is 6. The van der Waals surface area contributed by atoms with E-state index in [0.29, 0.717) is 11.8 Å². The van der Waals surface area contributed by atoms with Gasteiger partial charge in [-0.05, 0) is 6.42 Å². The molecule has 0 heterocycles. The fourth-order valence-electron chi connectivity index (χ4n) is 1.81. The van der Waals surface area contributed by atoms with Crippen molar-refractivity contribution in [3.05, 3.63) is 0 Å². The van der Waals surface area contributed by atoms with E-state index in [0.717, 1.165) is 7.11 Å². The van der Waals surface area contributed by atoms with Crippen molar-refractivity contribution in [2.24, 2.45) is 5.73 Å². The van der Waals surface area contributed by atoms with Crippen LogP contribution in [0.4, 0.5) is 0 Å². The molecule has 3 atom stereocenters. The van der Waals surface area contributed by atoms with Crippen LogP contribution in [-0.4, -0.2) is 87.8 Å². The number of rotatable bonds is 14. The van der Waals surface area contributed by atoms with Crippen LogP contribution in [0.15, 0.2) is 0 Å². The largest absolute Gasteiger partial charge is 0.480 e. The minimum Gasteiger partial charge on any atom is -0.480 e. The molecule has 0 aliphatic heterocycles. The minimum absolute atomic E-state index is 0.210. The lowest BCUT2D eigenvalue weighted by Crippen LogP contribution is -2.50. The van der Waals surface area contributed by atoms with Crippen LogP contribution in [0.25, 0.3) is 0 Å². The average molecular weight is 437 g/mol. The predicted molar refractivity (Wildman–Crippen MR) is 97.9 cm³/mol. The number of hydrogen-bond acceptors (Lipinski definition) is 9. The number of ether oxygens (including phenoxy) is 1. The molecule has 13 nitrogen and oxygen atoms in total. The molecule has 0 radical (unpaired) electrons. The molecule has 0 spiro atoms. The van der Waals surface area contributed by atoms with Crippen molar-refractivity contribution in [3.63, 3.8) is 0 Å². The lowest BCUT2D eigenvalue weighted by molar-refractivity contribution is -0.145. The third kappa shape index (κ3) is 11.5. The lowest BCUT2D eigenvalue weighted by Gasteiger charge is -2.20. The highest BCUT2D eigenvalue weighted by atomic mass is 32.2. The number of nitrogens with two attached hydrogens (primary N) is 1. The molecule has 0 aliphatic carbocycles. The molecule has 7 N–H and O–H groups in total. The smallest absolute Gasteiger partial charge is 0.322 e. The maximum atomic E-state index is 12.1. The van der Waals surface area contributed by atoms with Gasteiger partial charge in [-0.25, -0.2) is 0 Å². The summed E-state index contributed by atoms with van der Waals surface area (Å²) in [4.78, 5) is 67.9. The Bertz CT molecular complexity index is 642. The first-order valence-electron chi connectivity index (χ1n) is 8.16. The maximum absolute atomic E-state index is 12.1. The Morgan fingerprint density at radius 2 is 1.69 bits per heavy atom. The van der Waals surface area contributed by atoms with Crippen molar-refractivity contribution in [2.75, 3.05) is 19.4 Å². The summed E-state index contributed by atoms with van der Waals surface area (Å²) in [5.74, 6) is -6.70. The van der Waals surface area contributed by atoms with E-state index in [1.165, 1.54) is 0 Å². The van der Waals surface area contributed by atoms with E-state index in [1.807, 2.05) is 0 Å². The molecule has 0 saturated carbocycles. The second kappa shape index (κ2) is 13.3. The fourth-order valence-corrected chi connectivity index (χ4v) is 2.87. The summed E-state index contributed by atoms with van der Waals surface area (Å²) >= 11 is 0.673. The normalized spacial score (nSPS) is 13.4. The van der Waals surface area contributed by atoms with Crippen molar-refractivity contribution < 1.29 is 48.8 Å². The van der Waals surface area contributed by atoms with Crippen LogP contribution in [-0.2, 0) is 33.5 Å². The number of carbonyl (C=O) groups is 6. The highest BCUT2D eigenvalue weighted by Crippen LogP contribution is 2.17. The topological polar surface area (TPSA) is 222 Å². The van der Waals surface area contributed by atoms with E-state index in [-0.39, 0.29) is 18.6 Å². The Morgan fingerprint density at radius 1 is 1.07 bits per heavy atom. The number of methoxy groups -OCH3 is 1. The first kappa shape index (κ1) is 26.1. The fraction of sp³-hybridized carbons (Fsp3) is 0.600. The molecule has 2 amide bonds. The summed E-state index contributed by atoms with van der Waals surface area (Å²) < 4.78 is 4.40. The molecule has 0 fully saturated rings. The first-order chi connectivity index (χ1) is 13.5. The van der Waals surface area contributed by atoms with E-state index >= 15 is 0 Å². The summed E-state index contributed by atoms with van der Waals surface area (Å²) in [6, 6.07) is -2.61. The zero-order valence-corrected chi connectivity index (χ0v) is 16.3. The number of esters is 1. The molecule has 0 aromatic carbocycles. The number of carbonyl (C=O) groups excluding carboxylic acids is 3. The molecule has 0 unspecified atom stereocenters. The molecular weight excluding hydrogens is 414 g/mol. The van der Waals surface area contributed by atoms with Gasteiger partial charge in [0.15, 0.2) is 0 Å². The molecule has 0 bridgehead atoms. The average Bonchev–Trinajstić information content (AvgIpc) is 2.65. The van der Waals surface area contributed by atoms with Crippen molar-refractivity contribution in [2.45, 2.75) is 36.6 Å². The molecule has 29 heavy (non-hydrogen) atoms. The maximum Gasteiger partial charge on any atom is 0.322 e. The molecule has 0 saturated heterocycles. The zero-order chi connectivity index (χ0) is 22.6. The van der Waals surface area contributed by atoms with Gasteiger partial charge in [-0.2, -0.15) is 0 Å². The van der Waals surface area contributed by atoms with Gasteiger partial charge in [0.1, 0.15) is 23.9 Å². The van der Waals surface area contributed by atoms with Crippen LogP contribution < -0.4 is 16.4 Å². The highest BCUT2D eigenvalue weighted by molar-refractivity contribution is 8.00. The van der Waals surface area contributed by atoms with Gasteiger partial charge in [0.05, 0.1) is 13.5 Å². The van der Waals surface area contributed by atoms with E-state index in [1.54, 1.807) is 0 Å². The molecular formula is C15H23N3O10S. The number of aliphatic carboxylic acids is 3. The van der Waals surface area contributed by atoms with Gasteiger partial charge in [0.25, 0.3) is 0 Å². The van der Waals surface area contributed by atoms with Gasteiger partial charge in [-0.15, -0.1) is 11.8 Å².